The summed E-state index contributed by atoms with van der Waals surface area (Å²) in [7, 11) is 0. The Hall–Kier alpha value is -0.260. The number of allylic oxidation sites excluding steroid dienone is 2. The van der Waals surface area contributed by atoms with Gasteiger partial charge in [0, 0.05) is 0 Å². The number of rotatable bonds is 29. The lowest BCUT2D eigenvalue weighted by molar-refractivity contribution is 0.433. The van der Waals surface area contributed by atoms with Crippen molar-refractivity contribution in [2.24, 2.45) is 5.92 Å². The van der Waals surface area contributed by atoms with Crippen LogP contribution in [0.3, 0.4) is 0 Å². The summed E-state index contributed by atoms with van der Waals surface area (Å²) in [5.41, 5.74) is 0. The molecule has 0 aromatic heterocycles. The topological polar surface area (TPSA) is 0 Å². The van der Waals surface area contributed by atoms with Crippen LogP contribution in [0.15, 0.2) is 12.2 Å². The van der Waals surface area contributed by atoms with Crippen molar-refractivity contribution in [1.29, 1.82) is 0 Å². The molecular formula is C34H68. The van der Waals surface area contributed by atoms with E-state index in [1.54, 1.807) is 0 Å². The minimum atomic E-state index is 0.965. The van der Waals surface area contributed by atoms with Gasteiger partial charge in [0.2, 0.25) is 0 Å². The monoisotopic (exact) mass is 477 g/mol. The molecule has 1 unspecified atom stereocenters. The van der Waals surface area contributed by atoms with Crippen molar-refractivity contribution in [2.75, 3.05) is 0 Å². The van der Waals surface area contributed by atoms with Crippen molar-refractivity contribution in [1.82, 2.24) is 0 Å². The summed E-state index contributed by atoms with van der Waals surface area (Å²) in [4.78, 5) is 0. The summed E-state index contributed by atoms with van der Waals surface area (Å²) in [6.45, 7) is 7.08. The van der Waals surface area contributed by atoms with Gasteiger partial charge in [-0.05, 0) is 31.6 Å². The number of hydrogen-bond acceptors (Lipinski definition) is 0. The molecule has 0 spiro atoms. The highest BCUT2D eigenvalue weighted by Gasteiger charge is 2.02. The molecule has 0 rings (SSSR count). The lowest BCUT2D eigenvalue weighted by Gasteiger charge is -2.10. The highest BCUT2D eigenvalue weighted by atomic mass is 14.1. The second-order valence-electron chi connectivity index (χ2n) is 11.5. The summed E-state index contributed by atoms with van der Waals surface area (Å²) >= 11 is 0. The maximum atomic E-state index is 2.47. The van der Waals surface area contributed by atoms with Gasteiger partial charge in [-0.25, -0.2) is 0 Å². The average Bonchev–Trinajstić information content (AvgIpc) is 2.84. The molecular weight excluding hydrogens is 408 g/mol. The van der Waals surface area contributed by atoms with Gasteiger partial charge in [0.15, 0.2) is 0 Å². The summed E-state index contributed by atoms with van der Waals surface area (Å²) in [6, 6.07) is 0. The molecule has 0 nitrogen and oxygen atoms in total. The van der Waals surface area contributed by atoms with Gasteiger partial charge in [0.25, 0.3) is 0 Å². The molecule has 0 amide bonds. The Morgan fingerprint density at radius 3 is 0.971 bits per heavy atom. The van der Waals surface area contributed by atoms with Gasteiger partial charge in [-0.1, -0.05) is 187 Å². The van der Waals surface area contributed by atoms with E-state index in [1.807, 2.05) is 0 Å². The fraction of sp³-hybridized carbons (Fsp3) is 0.941. The van der Waals surface area contributed by atoms with Gasteiger partial charge in [-0.15, -0.1) is 0 Å². The molecule has 0 heterocycles. The van der Waals surface area contributed by atoms with Crippen molar-refractivity contribution >= 4 is 0 Å². The Morgan fingerprint density at radius 1 is 0.353 bits per heavy atom. The third kappa shape index (κ3) is 29.8. The molecule has 0 saturated heterocycles. The van der Waals surface area contributed by atoms with Crippen molar-refractivity contribution in [2.45, 2.75) is 201 Å². The van der Waals surface area contributed by atoms with Crippen LogP contribution in [0, 0.1) is 5.92 Å². The molecule has 0 aromatic rings. The van der Waals surface area contributed by atoms with Crippen LogP contribution in [0.25, 0.3) is 0 Å². The van der Waals surface area contributed by atoms with Crippen LogP contribution in [0.4, 0.5) is 0 Å². The van der Waals surface area contributed by atoms with E-state index < -0.39 is 0 Å². The first kappa shape index (κ1) is 33.7. The highest BCUT2D eigenvalue weighted by molar-refractivity contribution is 4.81. The summed E-state index contributed by atoms with van der Waals surface area (Å²) in [5.74, 6) is 0.965. The van der Waals surface area contributed by atoms with Crippen molar-refractivity contribution < 1.29 is 0 Å². The molecule has 0 aromatic carbocycles. The molecule has 1 atom stereocenters. The predicted molar refractivity (Wildman–Crippen MR) is 159 cm³/mol. The molecule has 0 bridgehead atoms. The zero-order valence-corrected chi connectivity index (χ0v) is 24.5. The smallest absolute Gasteiger partial charge is 0.0351 e. The van der Waals surface area contributed by atoms with E-state index in [2.05, 4.69) is 32.9 Å². The Kier molecular flexibility index (Phi) is 30.5. The van der Waals surface area contributed by atoms with E-state index in [9.17, 15) is 0 Å². The van der Waals surface area contributed by atoms with E-state index in [-0.39, 0.29) is 0 Å². The Morgan fingerprint density at radius 2 is 0.618 bits per heavy atom. The van der Waals surface area contributed by atoms with Crippen molar-refractivity contribution in [3.8, 4) is 0 Å². The van der Waals surface area contributed by atoms with Crippen molar-refractivity contribution in [3.63, 3.8) is 0 Å². The Labute approximate surface area is 218 Å². The number of hydrogen-bond donors (Lipinski definition) is 0. The van der Waals surface area contributed by atoms with Crippen LogP contribution in [0.2, 0.25) is 0 Å². The molecule has 0 radical (unpaired) electrons. The molecule has 0 heteroatoms. The molecule has 204 valence electrons. The summed E-state index contributed by atoms with van der Waals surface area (Å²) in [5, 5.41) is 0. The molecule has 0 N–H and O–H groups in total. The normalized spacial score (nSPS) is 12.7. The summed E-state index contributed by atoms with van der Waals surface area (Å²) < 4.78 is 0. The van der Waals surface area contributed by atoms with E-state index in [1.165, 1.54) is 180 Å². The molecule has 0 saturated carbocycles. The fourth-order valence-electron chi connectivity index (χ4n) is 5.22. The second-order valence-corrected chi connectivity index (χ2v) is 11.5. The summed E-state index contributed by atoms with van der Waals surface area (Å²) in [6.07, 6.45) is 45.3. The lowest BCUT2D eigenvalue weighted by atomic mass is 9.96. The average molecular weight is 477 g/mol. The first-order valence-electron chi connectivity index (χ1n) is 16.5. The number of unbranched alkanes of at least 4 members (excludes halogenated alkanes) is 23. The molecule has 34 heavy (non-hydrogen) atoms. The van der Waals surface area contributed by atoms with Crippen LogP contribution < -0.4 is 0 Å². The van der Waals surface area contributed by atoms with E-state index in [4.69, 9.17) is 0 Å². The first-order chi connectivity index (χ1) is 16.8. The lowest BCUT2D eigenvalue weighted by Crippen LogP contribution is -1.95. The van der Waals surface area contributed by atoms with Crippen LogP contribution >= 0.6 is 0 Å². The van der Waals surface area contributed by atoms with Crippen molar-refractivity contribution in [3.05, 3.63) is 12.2 Å². The third-order valence-electron chi connectivity index (χ3n) is 7.76. The van der Waals surface area contributed by atoms with Gasteiger partial charge >= 0.3 is 0 Å². The highest BCUT2D eigenvalue weighted by Crippen LogP contribution is 2.18. The Bertz CT molecular complexity index is 368. The fourth-order valence-corrected chi connectivity index (χ4v) is 5.22. The first-order valence-corrected chi connectivity index (χ1v) is 16.5. The van der Waals surface area contributed by atoms with E-state index in [0.29, 0.717) is 0 Å². The third-order valence-corrected chi connectivity index (χ3v) is 7.76. The second kappa shape index (κ2) is 30.8. The quantitative estimate of drug-likeness (QED) is 0.0743. The largest absolute Gasteiger partial charge is 0.0885 e. The van der Waals surface area contributed by atoms with Crippen LogP contribution in [-0.2, 0) is 0 Å². The standard InChI is InChI=1S/C34H68/c1-4-6-8-10-11-12-13-14-15-16-17-18-19-20-21-22-23-24-25-26-27-28-29-31-33-34(3)32-30-9-7-5-2/h17-18,34H,4-16,19-33H2,1-3H3. The zero-order valence-electron chi connectivity index (χ0n) is 24.5. The molecule has 0 aliphatic heterocycles. The molecule has 0 aliphatic rings. The predicted octanol–water partition coefficient (Wildman–Crippen LogP) is 13.1. The SMILES string of the molecule is CCCCCCCCCCCC=CCCCCCCCCCCCCCC(C)CCCCCC. The van der Waals surface area contributed by atoms with Gasteiger partial charge in [0.05, 0.1) is 0 Å². The van der Waals surface area contributed by atoms with E-state index >= 15 is 0 Å². The van der Waals surface area contributed by atoms with Gasteiger partial charge in [-0.3, -0.25) is 0 Å². The maximum Gasteiger partial charge on any atom is -0.0351 e. The Balaban J connectivity index is 3.13. The van der Waals surface area contributed by atoms with E-state index in [0.717, 1.165) is 5.92 Å². The molecule has 0 fully saturated rings. The minimum absolute atomic E-state index is 0.965. The van der Waals surface area contributed by atoms with Crippen LogP contribution in [0.1, 0.15) is 201 Å². The maximum absolute atomic E-state index is 2.47. The van der Waals surface area contributed by atoms with Gasteiger partial charge in [-0.2, -0.15) is 0 Å². The van der Waals surface area contributed by atoms with Gasteiger partial charge < -0.3 is 0 Å². The van der Waals surface area contributed by atoms with Crippen LogP contribution in [0.5, 0.6) is 0 Å². The minimum Gasteiger partial charge on any atom is -0.0885 e. The van der Waals surface area contributed by atoms with Crippen LogP contribution in [-0.4, -0.2) is 0 Å². The molecule has 0 aliphatic carbocycles. The zero-order chi connectivity index (χ0) is 24.8. The van der Waals surface area contributed by atoms with Gasteiger partial charge in [0.1, 0.15) is 0 Å².